The second-order valence-electron chi connectivity index (χ2n) is 6.58. The zero-order valence-electron chi connectivity index (χ0n) is 16.4. The summed E-state index contributed by atoms with van der Waals surface area (Å²) in [5, 5.41) is 14.3. The number of carbonyl (C=O) groups is 1. The quantitative estimate of drug-likeness (QED) is 0.489. The van der Waals surface area contributed by atoms with Gasteiger partial charge in [-0.15, -0.1) is 12.4 Å². The lowest BCUT2D eigenvalue weighted by Gasteiger charge is -2.17. The summed E-state index contributed by atoms with van der Waals surface area (Å²) in [6.07, 6.45) is 0.879. The van der Waals surface area contributed by atoms with Gasteiger partial charge in [-0.25, -0.2) is 0 Å². The molecule has 0 unspecified atom stereocenters. The van der Waals surface area contributed by atoms with Crippen LogP contribution in [-0.2, 0) is 0 Å². The van der Waals surface area contributed by atoms with E-state index in [1.807, 2.05) is 48.5 Å². The van der Waals surface area contributed by atoms with Gasteiger partial charge in [0, 0.05) is 6.54 Å². The molecule has 0 saturated carbocycles. The number of hydrogen-bond donors (Lipinski definition) is 3. The summed E-state index contributed by atoms with van der Waals surface area (Å²) < 4.78 is 0. The Balaban J connectivity index is 0.00000280. The van der Waals surface area contributed by atoms with E-state index in [1.54, 1.807) is 0 Å². The van der Waals surface area contributed by atoms with Gasteiger partial charge in [0.15, 0.2) is 5.75 Å². The number of aromatic hydroxyl groups is 1. The van der Waals surface area contributed by atoms with Crippen LogP contribution in [0.1, 0.15) is 30.8 Å². The second-order valence-corrected chi connectivity index (χ2v) is 6.58. The average molecular weight is 402 g/mol. The van der Waals surface area contributed by atoms with Crippen LogP contribution in [-0.4, -0.2) is 47.1 Å². The molecule has 5 nitrogen and oxygen atoms in total. The molecular formula is C22H28ClN3O2. The van der Waals surface area contributed by atoms with E-state index in [0.717, 1.165) is 42.7 Å². The molecule has 0 spiro atoms. The number of H-pyrrole nitrogens is 1. The molecule has 1 aromatic heterocycles. The number of hydrogen-bond acceptors (Lipinski definition) is 3. The topological polar surface area (TPSA) is 68.4 Å². The number of nitrogens with zero attached hydrogens (tertiary/aromatic N) is 1. The van der Waals surface area contributed by atoms with Gasteiger partial charge in [-0.1, -0.05) is 56.3 Å². The van der Waals surface area contributed by atoms with Crippen molar-refractivity contribution in [2.75, 3.05) is 26.2 Å². The van der Waals surface area contributed by atoms with E-state index in [1.165, 1.54) is 0 Å². The van der Waals surface area contributed by atoms with Crippen LogP contribution in [0.5, 0.6) is 5.75 Å². The fourth-order valence-corrected chi connectivity index (χ4v) is 3.39. The van der Waals surface area contributed by atoms with E-state index in [4.69, 9.17) is 0 Å². The average Bonchev–Trinajstić information content (AvgIpc) is 3.05. The van der Waals surface area contributed by atoms with E-state index in [-0.39, 0.29) is 29.8 Å². The summed E-state index contributed by atoms with van der Waals surface area (Å²) in [4.78, 5) is 17.9. The summed E-state index contributed by atoms with van der Waals surface area (Å²) >= 11 is 0. The Hall–Kier alpha value is -2.50. The third-order valence-electron chi connectivity index (χ3n) is 4.94. The third kappa shape index (κ3) is 4.66. The molecule has 0 bridgehead atoms. The number of nitrogens with one attached hydrogen (secondary N) is 2. The maximum Gasteiger partial charge on any atom is 0.271 e. The first-order chi connectivity index (χ1) is 13.2. The van der Waals surface area contributed by atoms with Crippen molar-refractivity contribution in [3.8, 4) is 16.9 Å². The number of aromatic amines is 1. The monoisotopic (exact) mass is 401 g/mol. The SMILES string of the molecule is CCN(CC)CCCNC(=O)c1[nH]c2cccc(-c3ccccc3)c2c1O.Cl. The molecule has 0 saturated heterocycles. The Morgan fingerprint density at radius 1 is 1.07 bits per heavy atom. The highest BCUT2D eigenvalue weighted by Crippen LogP contribution is 2.37. The van der Waals surface area contributed by atoms with Crippen molar-refractivity contribution < 1.29 is 9.90 Å². The van der Waals surface area contributed by atoms with Gasteiger partial charge < -0.3 is 20.3 Å². The van der Waals surface area contributed by atoms with Crippen LogP contribution in [0.3, 0.4) is 0 Å². The predicted octanol–water partition coefficient (Wildman–Crippen LogP) is 4.42. The minimum atomic E-state index is -0.276. The molecule has 0 aliphatic carbocycles. The highest BCUT2D eigenvalue weighted by molar-refractivity contribution is 6.08. The summed E-state index contributed by atoms with van der Waals surface area (Å²) in [6.45, 7) is 7.81. The molecule has 3 rings (SSSR count). The van der Waals surface area contributed by atoms with Crippen molar-refractivity contribution in [2.24, 2.45) is 0 Å². The molecule has 0 radical (unpaired) electrons. The Labute approximate surface area is 172 Å². The van der Waals surface area contributed by atoms with E-state index >= 15 is 0 Å². The highest BCUT2D eigenvalue weighted by atomic mass is 35.5. The lowest BCUT2D eigenvalue weighted by Crippen LogP contribution is -2.30. The van der Waals surface area contributed by atoms with Gasteiger partial charge in [-0.3, -0.25) is 4.79 Å². The van der Waals surface area contributed by atoms with Gasteiger partial charge in [0.05, 0.1) is 10.9 Å². The molecule has 3 N–H and O–H groups in total. The lowest BCUT2D eigenvalue weighted by molar-refractivity contribution is 0.0945. The normalized spacial score (nSPS) is 10.8. The number of halogens is 1. The van der Waals surface area contributed by atoms with Gasteiger partial charge in [-0.05, 0) is 43.2 Å². The van der Waals surface area contributed by atoms with Crippen molar-refractivity contribution in [2.45, 2.75) is 20.3 Å². The summed E-state index contributed by atoms with van der Waals surface area (Å²) in [7, 11) is 0. The van der Waals surface area contributed by atoms with Gasteiger partial charge in [0.2, 0.25) is 0 Å². The Kier molecular flexibility index (Phi) is 7.91. The number of aromatic nitrogens is 1. The van der Waals surface area contributed by atoms with E-state index in [0.29, 0.717) is 11.9 Å². The van der Waals surface area contributed by atoms with Crippen LogP contribution < -0.4 is 5.32 Å². The molecule has 150 valence electrons. The van der Waals surface area contributed by atoms with Crippen molar-refractivity contribution in [3.63, 3.8) is 0 Å². The largest absolute Gasteiger partial charge is 0.505 e. The number of fused-ring (bicyclic) bond motifs is 1. The Morgan fingerprint density at radius 2 is 1.79 bits per heavy atom. The molecule has 0 aliphatic heterocycles. The zero-order valence-corrected chi connectivity index (χ0v) is 17.2. The molecule has 28 heavy (non-hydrogen) atoms. The summed E-state index contributed by atoms with van der Waals surface area (Å²) in [6, 6.07) is 15.6. The van der Waals surface area contributed by atoms with E-state index in [9.17, 15) is 9.90 Å². The van der Waals surface area contributed by atoms with Gasteiger partial charge in [-0.2, -0.15) is 0 Å². The highest BCUT2D eigenvalue weighted by Gasteiger charge is 2.19. The van der Waals surface area contributed by atoms with Crippen LogP contribution in [0.25, 0.3) is 22.0 Å². The fraction of sp³-hybridized carbons (Fsp3) is 0.318. The molecule has 3 aromatic rings. The predicted molar refractivity (Wildman–Crippen MR) is 117 cm³/mol. The van der Waals surface area contributed by atoms with Crippen molar-refractivity contribution in [1.29, 1.82) is 0 Å². The molecule has 0 atom stereocenters. The summed E-state index contributed by atoms with van der Waals surface area (Å²) in [5.41, 5.74) is 2.88. The Morgan fingerprint density at radius 3 is 2.46 bits per heavy atom. The minimum Gasteiger partial charge on any atom is -0.505 e. The maximum atomic E-state index is 12.6. The van der Waals surface area contributed by atoms with E-state index < -0.39 is 0 Å². The first-order valence-electron chi connectivity index (χ1n) is 9.55. The van der Waals surface area contributed by atoms with Crippen LogP contribution >= 0.6 is 12.4 Å². The van der Waals surface area contributed by atoms with Crippen molar-refractivity contribution in [1.82, 2.24) is 15.2 Å². The molecule has 1 amide bonds. The number of amides is 1. The molecule has 2 aromatic carbocycles. The Bertz CT molecular complexity index is 905. The van der Waals surface area contributed by atoms with Crippen LogP contribution in [0.15, 0.2) is 48.5 Å². The zero-order chi connectivity index (χ0) is 19.2. The molecular weight excluding hydrogens is 374 g/mol. The molecule has 1 heterocycles. The standard InChI is InChI=1S/C22H27N3O2.ClH/c1-3-25(4-2)15-9-14-23-22(27)20-21(26)19-17(12-8-13-18(19)24-20)16-10-6-5-7-11-16;/h5-8,10-13,24,26H,3-4,9,14-15H2,1-2H3,(H,23,27);1H. The van der Waals surface area contributed by atoms with Crippen LogP contribution in [0.2, 0.25) is 0 Å². The van der Waals surface area contributed by atoms with Gasteiger partial charge in [0.25, 0.3) is 5.91 Å². The number of rotatable bonds is 8. The number of benzene rings is 2. The number of carbonyl (C=O) groups excluding carboxylic acids is 1. The minimum absolute atomic E-state index is 0. The van der Waals surface area contributed by atoms with Crippen LogP contribution in [0, 0.1) is 0 Å². The maximum absolute atomic E-state index is 12.6. The third-order valence-corrected chi connectivity index (χ3v) is 4.94. The summed E-state index contributed by atoms with van der Waals surface area (Å²) in [5.74, 6) is -0.270. The molecule has 0 fully saturated rings. The van der Waals surface area contributed by atoms with Crippen molar-refractivity contribution >= 4 is 29.2 Å². The first kappa shape index (κ1) is 21.8. The van der Waals surface area contributed by atoms with Gasteiger partial charge in [0.1, 0.15) is 5.69 Å². The fourth-order valence-electron chi connectivity index (χ4n) is 3.39. The van der Waals surface area contributed by atoms with Gasteiger partial charge >= 0.3 is 0 Å². The van der Waals surface area contributed by atoms with Crippen molar-refractivity contribution in [3.05, 3.63) is 54.2 Å². The molecule has 6 heteroatoms. The van der Waals surface area contributed by atoms with E-state index in [2.05, 4.69) is 29.0 Å². The van der Waals surface area contributed by atoms with Crippen LogP contribution in [0.4, 0.5) is 0 Å². The second kappa shape index (κ2) is 10.2. The smallest absolute Gasteiger partial charge is 0.271 e. The lowest BCUT2D eigenvalue weighted by atomic mass is 10.0. The first-order valence-corrected chi connectivity index (χ1v) is 9.55. The molecule has 0 aliphatic rings.